The lowest BCUT2D eigenvalue weighted by molar-refractivity contribution is 0.0376. The first-order valence-electron chi connectivity index (χ1n) is 8.65. The molecule has 7 nitrogen and oxygen atoms in total. The number of benzene rings is 1. The van der Waals surface area contributed by atoms with Crippen molar-refractivity contribution in [1.29, 1.82) is 0 Å². The molecule has 0 aliphatic carbocycles. The number of guanidine groups is 1. The van der Waals surface area contributed by atoms with Gasteiger partial charge in [-0.25, -0.2) is 9.98 Å². The molecule has 1 fully saturated rings. The lowest BCUT2D eigenvalue weighted by Crippen LogP contribution is -2.39. The third-order valence-electron chi connectivity index (χ3n) is 4.04. The van der Waals surface area contributed by atoms with Crippen LogP contribution < -0.4 is 11.1 Å². The molecule has 0 atom stereocenters. The van der Waals surface area contributed by atoms with Crippen molar-refractivity contribution in [3.63, 3.8) is 0 Å². The van der Waals surface area contributed by atoms with E-state index in [1.165, 1.54) is 0 Å². The maximum atomic E-state index is 5.91. The fourth-order valence-corrected chi connectivity index (χ4v) is 2.66. The van der Waals surface area contributed by atoms with Gasteiger partial charge in [-0.3, -0.25) is 4.90 Å². The summed E-state index contributed by atoms with van der Waals surface area (Å²) in [6, 6.07) is 9.79. The lowest BCUT2D eigenvalue weighted by Gasteiger charge is -2.26. The fraction of sp³-hybridized carbons (Fsp3) is 0.444. The van der Waals surface area contributed by atoms with E-state index in [9.17, 15) is 0 Å². The molecule has 8 heteroatoms. The Morgan fingerprint density at radius 3 is 2.77 bits per heavy atom. The summed E-state index contributed by atoms with van der Waals surface area (Å²) in [5, 5.41) is 3.14. The molecule has 1 aromatic carbocycles. The number of halogens is 1. The first-order chi connectivity index (χ1) is 12.3. The first-order valence-corrected chi connectivity index (χ1v) is 8.65. The normalized spacial score (nSPS) is 15.5. The summed E-state index contributed by atoms with van der Waals surface area (Å²) in [6.45, 7) is 5.95. The van der Waals surface area contributed by atoms with Gasteiger partial charge < -0.3 is 20.2 Å². The average molecular weight is 471 g/mol. The van der Waals surface area contributed by atoms with Crippen LogP contribution in [0, 0.1) is 0 Å². The van der Waals surface area contributed by atoms with Crippen molar-refractivity contribution in [1.82, 2.24) is 15.2 Å². The molecule has 3 rings (SSSR count). The van der Waals surface area contributed by atoms with Crippen LogP contribution in [0.1, 0.15) is 12.1 Å². The first kappa shape index (κ1) is 20.7. The Bertz CT molecular complexity index is 671. The van der Waals surface area contributed by atoms with Gasteiger partial charge in [-0.2, -0.15) is 0 Å². The molecule has 26 heavy (non-hydrogen) atoms. The molecule has 142 valence electrons. The minimum Gasteiger partial charge on any atom is -0.444 e. The van der Waals surface area contributed by atoms with Gasteiger partial charge in [-0.1, -0.05) is 18.2 Å². The largest absolute Gasteiger partial charge is 0.444 e. The summed E-state index contributed by atoms with van der Waals surface area (Å²) in [6.07, 6.45) is 2.65. The summed E-state index contributed by atoms with van der Waals surface area (Å²) < 4.78 is 10.8. The number of nitrogens with one attached hydrogen (secondary N) is 1. The average Bonchev–Trinajstić information content (AvgIpc) is 3.14. The van der Waals surface area contributed by atoms with Crippen LogP contribution in [0.4, 0.5) is 0 Å². The van der Waals surface area contributed by atoms with Crippen LogP contribution in [0.2, 0.25) is 0 Å². The summed E-state index contributed by atoms with van der Waals surface area (Å²) in [5.74, 6) is 1.04. The van der Waals surface area contributed by atoms with Crippen molar-refractivity contribution >= 4 is 29.9 Å². The van der Waals surface area contributed by atoms with Gasteiger partial charge in [-0.05, 0) is 25.1 Å². The molecular weight excluding hydrogens is 445 g/mol. The van der Waals surface area contributed by atoms with Crippen molar-refractivity contribution in [3.8, 4) is 11.5 Å². The number of nitrogens with two attached hydrogens (primary N) is 1. The number of aromatic nitrogens is 1. The summed E-state index contributed by atoms with van der Waals surface area (Å²) in [7, 11) is 0. The highest BCUT2D eigenvalue weighted by Crippen LogP contribution is 2.18. The van der Waals surface area contributed by atoms with E-state index in [4.69, 9.17) is 14.9 Å². The minimum absolute atomic E-state index is 0. The molecule has 0 saturated carbocycles. The van der Waals surface area contributed by atoms with Crippen molar-refractivity contribution in [2.45, 2.75) is 13.0 Å². The van der Waals surface area contributed by atoms with E-state index in [-0.39, 0.29) is 24.0 Å². The Morgan fingerprint density at radius 1 is 1.23 bits per heavy atom. The second-order valence-corrected chi connectivity index (χ2v) is 5.95. The zero-order valence-corrected chi connectivity index (χ0v) is 17.1. The third-order valence-corrected chi connectivity index (χ3v) is 4.04. The highest BCUT2D eigenvalue weighted by atomic mass is 127. The molecule has 0 amide bonds. The number of morpholine rings is 1. The van der Waals surface area contributed by atoms with Crippen molar-refractivity contribution in [3.05, 3.63) is 42.3 Å². The Hall–Kier alpha value is -1.65. The standard InChI is InChI=1S/C18H25N5O2.HI/c19-18(20-7-4-8-23-9-11-24-12-10-23)21-13-16-14-25-17(22-16)15-5-2-1-3-6-15;/h1-3,5-6,14H,4,7-13H2,(H3,19,20,21);1H. The maximum absolute atomic E-state index is 5.91. The van der Waals surface area contributed by atoms with Crippen LogP contribution in [-0.4, -0.2) is 55.2 Å². The Morgan fingerprint density at radius 2 is 2.00 bits per heavy atom. The fourth-order valence-electron chi connectivity index (χ4n) is 2.66. The molecule has 2 aromatic rings. The zero-order valence-electron chi connectivity index (χ0n) is 14.8. The smallest absolute Gasteiger partial charge is 0.226 e. The molecule has 0 spiro atoms. The molecule has 0 bridgehead atoms. The zero-order chi connectivity index (χ0) is 17.3. The topological polar surface area (TPSA) is 88.9 Å². The van der Waals surface area contributed by atoms with Gasteiger partial charge in [0.1, 0.15) is 12.0 Å². The maximum Gasteiger partial charge on any atom is 0.226 e. The Labute approximate surface area is 171 Å². The molecule has 1 aliphatic heterocycles. The van der Waals surface area contributed by atoms with E-state index in [0.29, 0.717) is 18.4 Å². The monoisotopic (exact) mass is 471 g/mol. The summed E-state index contributed by atoms with van der Waals surface area (Å²) in [5.41, 5.74) is 7.62. The van der Waals surface area contributed by atoms with Gasteiger partial charge in [0.25, 0.3) is 0 Å². The Kier molecular flexibility index (Phi) is 8.86. The molecule has 1 aliphatic rings. The molecule has 1 saturated heterocycles. The van der Waals surface area contributed by atoms with Gasteiger partial charge >= 0.3 is 0 Å². The van der Waals surface area contributed by atoms with E-state index >= 15 is 0 Å². The lowest BCUT2D eigenvalue weighted by atomic mass is 10.2. The van der Waals surface area contributed by atoms with E-state index in [2.05, 4.69) is 20.2 Å². The van der Waals surface area contributed by atoms with Gasteiger partial charge in [0.15, 0.2) is 5.96 Å². The van der Waals surface area contributed by atoms with Crippen molar-refractivity contribution in [2.75, 3.05) is 39.4 Å². The van der Waals surface area contributed by atoms with Crippen LogP contribution in [0.15, 0.2) is 46.0 Å². The molecule has 3 N–H and O–H groups in total. The van der Waals surface area contributed by atoms with Crippen LogP contribution in [-0.2, 0) is 11.3 Å². The van der Waals surface area contributed by atoms with Crippen LogP contribution in [0.3, 0.4) is 0 Å². The van der Waals surface area contributed by atoms with E-state index in [1.54, 1.807) is 6.26 Å². The molecule has 0 radical (unpaired) electrons. The van der Waals surface area contributed by atoms with Gasteiger partial charge in [0.05, 0.1) is 19.8 Å². The Balaban J connectivity index is 0.00000243. The third kappa shape index (κ3) is 6.58. The van der Waals surface area contributed by atoms with E-state index in [0.717, 1.165) is 57.1 Å². The van der Waals surface area contributed by atoms with Crippen molar-refractivity contribution in [2.24, 2.45) is 10.7 Å². The number of hydrogen-bond donors (Lipinski definition) is 2. The van der Waals surface area contributed by atoms with Gasteiger partial charge in [0, 0.05) is 25.2 Å². The van der Waals surface area contributed by atoms with Gasteiger partial charge in [0.2, 0.25) is 5.89 Å². The molecule has 0 unspecified atom stereocenters. The number of ether oxygens (including phenoxy) is 1. The highest BCUT2D eigenvalue weighted by Gasteiger charge is 2.09. The molecule has 2 heterocycles. The number of oxazole rings is 1. The number of rotatable bonds is 7. The second-order valence-electron chi connectivity index (χ2n) is 5.95. The number of aliphatic imine (C=N–C) groups is 1. The molecule has 1 aromatic heterocycles. The molecular formula is C18H26IN5O2. The SMILES string of the molecule is I.NC(=NCc1coc(-c2ccccc2)n1)NCCCN1CCOCC1. The van der Waals surface area contributed by atoms with Crippen LogP contribution in [0.25, 0.3) is 11.5 Å². The number of hydrogen-bond acceptors (Lipinski definition) is 5. The quantitative estimate of drug-likeness (QED) is 0.278. The van der Waals surface area contributed by atoms with Crippen molar-refractivity contribution < 1.29 is 9.15 Å². The minimum atomic E-state index is 0. The predicted molar refractivity (Wildman–Crippen MR) is 113 cm³/mol. The van der Waals surface area contributed by atoms with Crippen LogP contribution >= 0.6 is 24.0 Å². The summed E-state index contributed by atoms with van der Waals surface area (Å²) >= 11 is 0. The summed E-state index contributed by atoms with van der Waals surface area (Å²) in [4.78, 5) is 11.1. The predicted octanol–water partition coefficient (Wildman–Crippen LogP) is 2.09. The second kappa shape index (κ2) is 11.1. The highest BCUT2D eigenvalue weighted by molar-refractivity contribution is 14.0. The van der Waals surface area contributed by atoms with Gasteiger partial charge in [-0.15, -0.1) is 24.0 Å². The van der Waals surface area contributed by atoms with Crippen LogP contribution in [0.5, 0.6) is 0 Å². The van der Waals surface area contributed by atoms with E-state index < -0.39 is 0 Å². The number of nitrogens with zero attached hydrogens (tertiary/aromatic N) is 3. The van der Waals surface area contributed by atoms with E-state index in [1.807, 2.05) is 30.3 Å².